The highest BCUT2D eigenvalue weighted by Crippen LogP contribution is 2.23. The van der Waals surface area contributed by atoms with E-state index >= 15 is 0 Å². The number of ether oxygens (including phenoxy) is 1. The van der Waals surface area contributed by atoms with Gasteiger partial charge in [-0.15, -0.1) is 11.3 Å². The molecule has 0 saturated carbocycles. The molecule has 0 bridgehead atoms. The van der Waals surface area contributed by atoms with Crippen LogP contribution in [-0.2, 0) is 11.3 Å². The summed E-state index contributed by atoms with van der Waals surface area (Å²) < 4.78 is 7.20. The molecule has 0 aromatic carbocycles. The standard InChI is InChI=1S/C18H21N5O2S/c1-18(2,25-3)6-9-23-11-14(10-20-23)21-16(24)15-12-26-17(22-15)13-4-7-19-8-5-13/h4-5,7-8,10-12H,6,9H2,1-3H3,(H,21,24). The SMILES string of the molecule is COC(C)(C)CCn1cc(NC(=O)c2csc(-c3ccncc3)n2)cn1. The zero-order valence-corrected chi connectivity index (χ0v) is 15.8. The maximum absolute atomic E-state index is 12.4. The normalized spacial score (nSPS) is 11.5. The molecule has 136 valence electrons. The average Bonchev–Trinajstić information content (AvgIpc) is 3.30. The molecule has 26 heavy (non-hydrogen) atoms. The van der Waals surface area contributed by atoms with E-state index < -0.39 is 0 Å². The van der Waals surface area contributed by atoms with Gasteiger partial charge in [-0.3, -0.25) is 14.5 Å². The molecule has 0 fully saturated rings. The molecule has 0 radical (unpaired) electrons. The number of methoxy groups -OCH3 is 1. The molecule has 0 aliphatic heterocycles. The van der Waals surface area contributed by atoms with E-state index in [-0.39, 0.29) is 11.5 Å². The Morgan fingerprint density at radius 2 is 2.12 bits per heavy atom. The number of nitrogens with zero attached hydrogens (tertiary/aromatic N) is 4. The van der Waals surface area contributed by atoms with Gasteiger partial charge in [0.15, 0.2) is 0 Å². The van der Waals surface area contributed by atoms with Crippen LogP contribution in [0.3, 0.4) is 0 Å². The minimum Gasteiger partial charge on any atom is -0.379 e. The Bertz CT molecular complexity index is 873. The third kappa shape index (κ3) is 4.53. The second-order valence-electron chi connectivity index (χ2n) is 6.43. The lowest BCUT2D eigenvalue weighted by Gasteiger charge is -2.22. The number of anilines is 1. The Hall–Kier alpha value is -2.58. The summed E-state index contributed by atoms with van der Waals surface area (Å²) in [6.45, 7) is 4.77. The van der Waals surface area contributed by atoms with Gasteiger partial charge in [-0.05, 0) is 32.4 Å². The van der Waals surface area contributed by atoms with Gasteiger partial charge in [-0.1, -0.05) is 0 Å². The molecular weight excluding hydrogens is 350 g/mol. The zero-order valence-electron chi connectivity index (χ0n) is 15.0. The Morgan fingerprint density at radius 1 is 1.35 bits per heavy atom. The first-order valence-electron chi connectivity index (χ1n) is 8.22. The molecule has 1 amide bonds. The molecule has 3 aromatic heterocycles. The minimum atomic E-state index is -0.252. The maximum atomic E-state index is 12.4. The van der Waals surface area contributed by atoms with Crippen LogP contribution in [0, 0.1) is 0 Å². The van der Waals surface area contributed by atoms with E-state index in [0.717, 1.165) is 17.0 Å². The third-order valence-corrected chi connectivity index (χ3v) is 4.94. The number of aromatic nitrogens is 4. The van der Waals surface area contributed by atoms with Crippen LogP contribution < -0.4 is 5.32 Å². The van der Waals surface area contributed by atoms with Crippen LogP contribution in [0.5, 0.6) is 0 Å². The number of aryl methyl sites for hydroxylation is 1. The van der Waals surface area contributed by atoms with Crippen LogP contribution in [-0.4, -0.2) is 38.4 Å². The molecule has 0 unspecified atom stereocenters. The molecule has 0 spiro atoms. The smallest absolute Gasteiger partial charge is 0.275 e. The molecule has 0 aliphatic carbocycles. The van der Waals surface area contributed by atoms with Crippen LogP contribution in [0.4, 0.5) is 5.69 Å². The average molecular weight is 371 g/mol. The lowest BCUT2D eigenvalue weighted by atomic mass is 10.1. The van der Waals surface area contributed by atoms with Gasteiger partial charge in [0.05, 0.1) is 17.5 Å². The molecule has 1 N–H and O–H groups in total. The number of hydrogen-bond acceptors (Lipinski definition) is 6. The summed E-state index contributed by atoms with van der Waals surface area (Å²) in [5, 5.41) is 9.64. The van der Waals surface area contributed by atoms with E-state index in [9.17, 15) is 4.79 Å². The van der Waals surface area contributed by atoms with E-state index in [2.05, 4.69) is 20.4 Å². The van der Waals surface area contributed by atoms with E-state index in [4.69, 9.17) is 4.74 Å². The van der Waals surface area contributed by atoms with Crippen molar-refractivity contribution >= 4 is 22.9 Å². The number of pyridine rings is 1. The molecule has 3 heterocycles. The lowest BCUT2D eigenvalue weighted by molar-refractivity contribution is 0.0113. The van der Waals surface area contributed by atoms with Crippen molar-refractivity contribution in [2.45, 2.75) is 32.4 Å². The van der Waals surface area contributed by atoms with Crippen LogP contribution in [0.25, 0.3) is 10.6 Å². The largest absolute Gasteiger partial charge is 0.379 e. The topological polar surface area (TPSA) is 81.9 Å². The molecule has 0 atom stereocenters. The van der Waals surface area contributed by atoms with Crippen LogP contribution in [0.15, 0.2) is 42.3 Å². The highest BCUT2D eigenvalue weighted by atomic mass is 32.1. The van der Waals surface area contributed by atoms with Crippen molar-refractivity contribution in [1.29, 1.82) is 0 Å². The minimum absolute atomic E-state index is 0.209. The third-order valence-electron chi connectivity index (χ3n) is 4.05. The van der Waals surface area contributed by atoms with Gasteiger partial charge >= 0.3 is 0 Å². The molecule has 8 heteroatoms. The van der Waals surface area contributed by atoms with Crippen molar-refractivity contribution in [3.8, 4) is 10.6 Å². The van der Waals surface area contributed by atoms with Gasteiger partial charge in [0.1, 0.15) is 10.7 Å². The summed E-state index contributed by atoms with van der Waals surface area (Å²) in [7, 11) is 1.70. The summed E-state index contributed by atoms with van der Waals surface area (Å²) in [5.41, 5.74) is 1.76. The Balaban J connectivity index is 1.61. The fourth-order valence-corrected chi connectivity index (χ4v) is 3.04. The van der Waals surface area contributed by atoms with Crippen molar-refractivity contribution in [3.63, 3.8) is 0 Å². The highest BCUT2D eigenvalue weighted by molar-refractivity contribution is 7.13. The molecule has 0 aliphatic rings. The van der Waals surface area contributed by atoms with Gasteiger partial charge in [0, 0.05) is 43.2 Å². The van der Waals surface area contributed by atoms with Crippen molar-refractivity contribution in [2.75, 3.05) is 12.4 Å². The Morgan fingerprint density at radius 3 is 2.85 bits per heavy atom. The van der Waals surface area contributed by atoms with Crippen molar-refractivity contribution in [1.82, 2.24) is 19.7 Å². The number of hydrogen-bond donors (Lipinski definition) is 1. The van der Waals surface area contributed by atoms with Gasteiger partial charge in [-0.2, -0.15) is 5.10 Å². The summed E-state index contributed by atoms with van der Waals surface area (Å²) in [4.78, 5) is 20.8. The quantitative estimate of drug-likeness (QED) is 0.688. The molecular formula is C18H21N5O2S. The summed E-state index contributed by atoms with van der Waals surface area (Å²) in [6.07, 6.45) is 7.67. The second-order valence-corrected chi connectivity index (χ2v) is 7.29. The van der Waals surface area contributed by atoms with Crippen LogP contribution in [0.1, 0.15) is 30.8 Å². The molecule has 0 saturated heterocycles. The van der Waals surface area contributed by atoms with E-state index in [1.54, 1.807) is 42.0 Å². The lowest BCUT2D eigenvalue weighted by Crippen LogP contribution is -2.24. The first-order valence-corrected chi connectivity index (χ1v) is 9.10. The van der Waals surface area contributed by atoms with Gasteiger partial charge in [0.2, 0.25) is 0 Å². The predicted octanol–water partition coefficient (Wildman–Crippen LogP) is 3.47. The molecule has 3 rings (SSSR count). The number of carbonyl (C=O) groups excluding carboxylic acids is 1. The summed E-state index contributed by atoms with van der Waals surface area (Å²) in [5.74, 6) is -0.252. The van der Waals surface area contributed by atoms with Gasteiger partial charge in [0.25, 0.3) is 5.91 Å². The monoisotopic (exact) mass is 371 g/mol. The van der Waals surface area contributed by atoms with Crippen LogP contribution >= 0.6 is 11.3 Å². The van der Waals surface area contributed by atoms with Gasteiger partial charge in [-0.25, -0.2) is 4.98 Å². The first kappa shape index (κ1) is 18.2. The molecule has 3 aromatic rings. The van der Waals surface area contributed by atoms with Crippen molar-refractivity contribution in [2.24, 2.45) is 0 Å². The fourth-order valence-electron chi connectivity index (χ4n) is 2.24. The van der Waals surface area contributed by atoms with Crippen LogP contribution in [0.2, 0.25) is 0 Å². The second kappa shape index (κ2) is 7.76. The maximum Gasteiger partial charge on any atom is 0.275 e. The Kier molecular flexibility index (Phi) is 5.43. The van der Waals surface area contributed by atoms with Crippen molar-refractivity contribution in [3.05, 3.63) is 48.0 Å². The first-order chi connectivity index (χ1) is 12.5. The van der Waals surface area contributed by atoms with E-state index in [0.29, 0.717) is 17.9 Å². The highest BCUT2D eigenvalue weighted by Gasteiger charge is 2.17. The molecule has 7 nitrogen and oxygen atoms in total. The predicted molar refractivity (Wildman–Crippen MR) is 101 cm³/mol. The van der Waals surface area contributed by atoms with E-state index in [1.807, 2.05) is 26.0 Å². The van der Waals surface area contributed by atoms with Crippen molar-refractivity contribution < 1.29 is 9.53 Å². The number of rotatable bonds is 7. The number of thiazole rings is 1. The number of nitrogens with one attached hydrogen (secondary N) is 1. The Labute approximate surface area is 156 Å². The zero-order chi connectivity index (χ0) is 18.6. The number of amides is 1. The van der Waals surface area contributed by atoms with Gasteiger partial charge < -0.3 is 10.1 Å². The van der Waals surface area contributed by atoms with E-state index in [1.165, 1.54) is 11.3 Å². The summed E-state index contributed by atoms with van der Waals surface area (Å²) >= 11 is 1.43. The summed E-state index contributed by atoms with van der Waals surface area (Å²) in [6, 6.07) is 3.73. The fraction of sp³-hybridized carbons (Fsp3) is 0.333. The number of carbonyl (C=O) groups is 1.